The van der Waals surface area contributed by atoms with Crippen LogP contribution in [0.1, 0.15) is 47.5 Å². The van der Waals surface area contributed by atoms with Crippen LogP contribution < -0.4 is 0 Å². The van der Waals surface area contributed by atoms with Gasteiger partial charge in [0.2, 0.25) is 0 Å². The molecule has 2 nitrogen and oxygen atoms in total. The van der Waals surface area contributed by atoms with E-state index in [4.69, 9.17) is 9.73 Å². The molecule has 2 heteroatoms. The average Bonchev–Trinajstić information content (AvgIpc) is 2.63. The van der Waals surface area contributed by atoms with Crippen LogP contribution in [0, 0.1) is 17.8 Å². The predicted octanol–water partition coefficient (Wildman–Crippen LogP) is 3.51. The van der Waals surface area contributed by atoms with Crippen molar-refractivity contribution in [2.75, 3.05) is 6.61 Å². The molecule has 0 saturated carbocycles. The van der Waals surface area contributed by atoms with E-state index in [1.54, 1.807) is 0 Å². The van der Waals surface area contributed by atoms with Gasteiger partial charge >= 0.3 is 0 Å². The van der Waals surface area contributed by atoms with Gasteiger partial charge in [0.05, 0.1) is 6.04 Å². The van der Waals surface area contributed by atoms with Crippen molar-refractivity contribution in [1.82, 2.24) is 0 Å². The molecule has 1 unspecified atom stereocenters. The fourth-order valence-electron chi connectivity index (χ4n) is 1.95. The summed E-state index contributed by atoms with van der Waals surface area (Å²) in [6.45, 7) is 12.0. The van der Waals surface area contributed by atoms with Crippen molar-refractivity contribution >= 4 is 5.90 Å². The summed E-state index contributed by atoms with van der Waals surface area (Å²) in [6.07, 6.45) is 2.34. The highest BCUT2D eigenvalue weighted by molar-refractivity contribution is 5.80. The maximum Gasteiger partial charge on any atom is 0.186 e. The summed E-state index contributed by atoms with van der Waals surface area (Å²) >= 11 is 0. The highest BCUT2D eigenvalue weighted by atomic mass is 16.5. The van der Waals surface area contributed by atoms with E-state index in [1.165, 1.54) is 6.42 Å². The molecule has 1 heterocycles. The summed E-state index contributed by atoms with van der Waals surface area (Å²) < 4.78 is 5.70. The molecular weight excluding hydrogens is 186 g/mol. The van der Waals surface area contributed by atoms with E-state index >= 15 is 0 Å². The van der Waals surface area contributed by atoms with Gasteiger partial charge in [0.15, 0.2) is 5.90 Å². The van der Waals surface area contributed by atoms with E-state index in [1.807, 2.05) is 0 Å². The van der Waals surface area contributed by atoms with E-state index < -0.39 is 0 Å². The maximum absolute atomic E-state index is 5.70. The summed E-state index contributed by atoms with van der Waals surface area (Å²) in [5.74, 6) is 2.85. The van der Waals surface area contributed by atoms with E-state index in [0.717, 1.165) is 18.9 Å². The average molecular weight is 211 g/mol. The van der Waals surface area contributed by atoms with Gasteiger partial charge in [-0.2, -0.15) is 0 Å². The second-order valence-electron chi connectivity index (χ2n) is 5.24. The minimum Gasteiger partial charge on any atom is -0.478 e. The van der Waals surface area contributed by atoms with Gasteiger partial charge in [-0.25, -0.2) is 4.99 Å². The zero-order valence-corrected chi connectivity index (χ0v) is 10.8. The molecule has 0 aromatic rings. The highest BCUT2D eigenvalue weighted by Crippen LogP contribution is 2.23. The highest BCUT2D eigenvalue weighted by Gasteiger charge is 2.26. The monoisotopic (exact) mass is 211 g/mol. The van der Waals surface area contributed by atoms with Gasteiger partial charge in [0.25, 0.3) is 0 Å². The molecule has 1 rings (SSSR count). The largest absolute Gasteiger partial charge is 0.478 e. The van der Waals surface area contributed by atoms with E-state index in [0.29, 0.717) is 23.8 Å². The molecule has 0 aliphatic carbocycles. The Balaban J connectivity index is 2.50. The van der Waals surface area contributed by atoms with Crippen molar-refractivity contribution in [3.05, 3.63) is 0 Å². The molecule has 3 atom stereocenters. The Morgan fingerprint density at radius 2 is 2.00 bits per heavy atom. The molecular formula is C13H25NO. The molecule has 0 aromatic heterocycles. The SMILES string of the molecule is CCC(C)[C@H](C)C1=N[C@@H](CC(C)C)CO1. The molecule has 0 saturated heterocycles. The van der Waals surface area contributed by atoms with Crippen LogP contribution in [0.3, 0.4) is 0 Å². The maximum atomic E-state index is 5.70. The summed E-state index contributed by atoms with van der Waals surface area (Å²) in [4.78, 5) is 4.69. The van der Waals surface area contributed by atoms with Crippen molar-refractivity contribution in [1.29, 1.82) is 0 Å². The first-order valence-corrected chi connectivity index (χ1v) is 6.25. The zero-order chi connectivity index (χ0) is 11.4. The van der Waals surface area contributed by atoms with Crippen molar-refractivity contribution in [2.45, 2.75) is 53.5 Å². The summed E-state index contributed by atoms with van der Waals surface area (Å²) in [5, 5.41) is 0. The molecule has 0 spiro atoms. The lowest BCUT2D eigenvalue weighted by Gasteiger charge is -2.17. The Bertz CT molecular complexity index is 223. The van der Waals surface area contributed by atoms with E-state index in [2.05, 4.69) is 34.6 Å². The number of aliphatic imine (C=N–C) groups is 1. The molecule has 15 heavy (non-hydrogen) atoms. The first kappa shape index (κ1) is 12.5. The van der Waals surface area contributed by atoms with Gasteiger partial charge in [-0.3, -0.25) is 0 Å². The number of ether oxygens (including phenoxy) is 1. The quantitative estimate of drug-likeness (QED) is 0.682. The molecule has 0 aromatic carbocycles. The fourth-order valence-corrected chi connectivity index (χ4v) is 1.95. The summed E-state index contributed by atoms with van der Waals surface area (Å²) in [5.41, 5.74) is 0. The molecule has 0 fully saturated rings. The predicted molar refractivity (Wildman–Crippen MR) is 65.2 cm³/mol. The van der Waals surface area contributed by atoms with Crippen LogP contribution >= 0.6 is 0 Å². The van der Waals surface area contributed by atoms with Crippen LogP contribution in [-0.4, -0.2) is 18.5 Å². The lowest BCUT2D eigenvalue weighted by molar-refractivity contribution is 0.274. The number of nitrogens with zero attached hydrogens (tertiary/aromatic N) is 1. The summed E-state index contributed by atoms with van der Waals surface area (Å²) in [7, 11) is 0. The zero-order valence-electron chi connectivity index (χ0n) is 10.8. The third kappa shape index (κ3) is 3.51. The Morgan fingerprint density at radius 3 is 2.53 bits per heavy atom. The fraction of sp³-hybridized carbons (Fsp3) is 0.923. The molecule has 1 aliphatic rings. The van der Waals surface area contributed by atoms with Gasteiger partial charge < -0.3 is 4.74 Å². The molecule has 0 bridgehead atoms. The first-order chi connectivity index (χ1) is 7.04. The number of rotatable bonds is 5. The van der Waals surface area contributed by atoms with Gasteiger partial charge in [-0.1, -0.05) is 41.0 Å². The van der Waals surface area contributed by atoms with Crippen LogP contribution in [-0.2, 0) is 4.74 Å². The third-order valence-electron chi connectivity index (χ3n) is 3.36. The van der Waals surface area contributed by atoms with Crippen LogP contribution in [0.25, 0.3) is 0 Å². The minimum atomic E-state index is 0.409. The van der Waals surface area contributed by atoms with Gasteiger partial charge in [-0.15, -0.1) is 0 Å². The number of hydrogen-bond donors (Lipinski definition) is 0. The Labute approximate surface area is 94.1 Å². The normalized spacial score (nSPS) is 24.9. The van der Waals surface area contributed by atoms with Crippen molar-refractivity contribution in [2.24, 2.45) is 22.7 Å². The summed E-state index contributed by atoms with van der Waals surface area (Å²) in [6, 6.07) is 0.409. The molecule has 0 radical (unpaired) electrons. The van der Waals surface area contributed by atoms with Crippen LogP contribution in [0.2, 0.25) is 0 Å². The van der Waals surface area contributed by atoms with Gasteiger partial charge in [0, 0.05) is 5.92 Å². The van der Waals surface area contributed by atoms with Crippen molar-refractivity contribution < 1.29 is 4.74 Å². The van der Waals surface area contributed by atoms with Gasteiger partial charge in [-0.05, 0) is 18.3 Å². The Kier molecular flexibility index (Phi) is 4.62. The second-order valence-corrected chi connectivity index (χ2v) is 5.24. The van der Waals surface area contributed by atoms with E-state index in [9.17, 15) is 0 Å². The van der Waals surface area contributed by atoms with Crippen LogP contribution in [0.5, 0.6) is 0 Å². The van der Waals surface area contributed by atoms with Crippen molar-refractivity contribution in [3.63, 3.8) is 0 Å². The number of hydrogen-bond acceptors (Lipinski definition) is 2. The molecule has 88 valence electrons. The molecule has 0 amide bonds. The van der Waals surface area contributed by atoms with Crippen LogP contribution in [0.15, 0.2) is 4.99 Å². The lowest BCUT2D eigenvalue weighted by atomic mass is 9.93. The first-order valence-electron chi connectivity index (χ1n) is 6.25. The Morgan fingerprint density at radius 1 is 1.33 bits per heavy atom. The van der Waals surface area contributed by atoms with Gasteiger partial charge in [0.1, 0.15) is 6.61 Å². The smallest absolute Gasteiger partial charge is 0.186 e. The lowest BCUT2D eigenvalue weighted by Crippen LogP contribution is -2.18. The molecule has 1 aliphatic heterocycles. The molecule has 0 N–H and O–H groups in total. The standard InChI is InChI=1S/C13H25NO/c1-6-10(4)11(5)13-14-12(8-15-13)7-9(2)3/h9-12H,6-8H2,1-5H3/t10?,11-,12-/m0/s1. The topological polar surface area (TPSA) is 21.6 Å². The second kappa shape index (κ2) is 5.53. The Hall–Kier alpha value is -0.530. The van der Waals surface area contributed by atoms with Crippen molar-refractivity contribution in [3.8, 4) is 0 Å². The van der Waals surface area contributed by atoms with E-state index in [-0.39, 0.29) is 0 Å². The minimum absolute atomic E-state index is 0.409. The third-order valence-corrected chi connectivity index (χ3v) is 3.36. The van der Waals surface area contributed by atoms with Crippen LogP contribution in [0.4, 0.5) is 0 Å².